The van der Waals surface area contributed by atoms with E-state index >= 15 is 0 Å². The number of carbonyl (C=O) groups is 2. The van der Waals surface area contributed by atoms with Gasteiger partial charge in [0.25, 0.3) is 5.91 Å². The van der Waals surface area contributed by atoms with Crippen LogP contribution in [0.5, 0.6) is 0 Å². The Morgan fingerprint density at radius 1 is 1.43 bits per heavy atom. The topological polar surface area (TPSA) is 86.1 Å². The highest BCUT2D eigenvalue weighted by Gasteiger charge is 2.30. The van der Waals surface area contributed by atoms with E-state index in [9.17, 15) is 9.59 Å². The summed E-state index contributed by atoms with van der Waals surface area (Å²) in [5.74, 6) is -0.264. The zero-order chi connectivity index (χ0) is 16.2. The molecule has 6 nitrogen and oxygen atoms in total. The predicted octanol–water partition coefficient (Wildman–Crippen LogP) is 4.16. The third kappa shape index (κ3) is 2.97. The second-order valence-corrected chi connectivity index (χ2v) is 6.19. The lowest BCUT2D eigenvalue weighted by Crippen LogP contribution is -2.36. The summed E-state index contributed by atoms with van der Waals surface area (Å²) in [4.78, 5) is 29.3. The number of thiophene rings is 1. The van der Waals surface area contributed by atoms with Gasteiger partial charge in [0.2, 0.25) is 0 Å². The number of hydrogen-bond acceptors (Lipinski definition) is 4. The molecule has 0 aliphatic carbocycles. The van der Waals surface area contributed by atoms with Gasteiger partial charge in [-0.25, -0.2) is 0 Å². The van der Waals surface area contributed by atoms with Gasteiger partial charge in [-0.05, 0) is 41.4 Å². The molecule has 0 N–H and O–H groups in total. The molecular formula is C16H14N4O2S. The Labute approximate surface area is 137 Å². The largest absolute Gasteiger partial charge is 0.329 e. The average Bonchev–Trinajstić information content (AvgIpc) is 3.26. The van der Waals surface area contributed by atoms with Gasteiger partial charge in [-0.2, -0.15) is 0 Å². The molecule has 116 valence electrons. The van der Waals surface area contributed by atoms with Gasteiger partial charge >= 0.3 is 0 Å². The Kier molecular flexibility index (Phi) is 4.41. The summed E-state index contributed by atoms with van der Waals surface area (Å²) in [5, 5.41) is 5.58. The maximum atomic E-state index is 12.8. The Hall–Kier alpha value is -2.63. The summed E-state index contributed by atoms with van der Waals surface area (Å²) in [5.41, 5.74) is 10.2. The number of benzene rings is 1. The molecule has 1 amide bonds. The van der Waals surface area contributed by atoms with Crippen molar-refractivity contribution < 1.29 is 9.59 Å². The maximum absolute atomic E-state index is 12.8. The van der Waals surface area contributed by atoms with Gasteiger partial charge in [0.15, 0.2) is 0 Å². The molecule has 2 heterocycles. The number of azide groups is 1. The number of carbonyl (C=O) groups excluding carboxylic acids is 2. The van der Waals surface area contributed by atoms with E-state index < -0.39 is 6.04 Å². The Bertz CT molecular complexity index is 781. The molecule has 1 aliphatic rings. The fourth-order valence-corrected chi connectivity index (χ4v) is 3.50. The van der Waals surface area contributed by atoms with Crippen LogP contribution in [0.1, 0.15) is 23.2 Å². The van der Waals surface area contributed by atoms with Gasteiger partial charge in [-0.15, -0.1) is 11.3 Å². The lowest BCUT2D eigenvalue weighted by atomic mass is 10.1. The van der Waals surface area contributed by atoms with Crippen molar-refractivity contribution in [3.8, 4) is 10.4 Å². The second-order valence-electron chi connectivity index (χ2n) is 5.24. The van der Waals surface area contributed by atoms with E-state index in [1.165, 1.54) is 0 Å². The average molecular weight is 326 g/mol. The van der Waals surface area contributed by atoms with E-state index in [1.807, 2.05) is 23.6 Å². The third-order valence-corrected chi connectivity index (χ3v) is 4.82. The smallest absolute Gasteiger partial charge is 0.254 e. The first kappa shape index (κ1) is 15.3. The first-order chi connectivity index (χ1) is 11.2. The summed E-state index contributed by atoms with van der Waals surface area (Å²) >= 11 is 1.57. The minimum Gasteiger partial charge on any atom is -0.329 e. The molecular weight excluding hydrogens is 312 g/mol. The molecule has 0 unspecified atom stereocenters. The van der Waals surface area contributed by atoms with Crippen molar-refractivity contribution in [2.24, 2.45) is 5.11 Å². The summed E-state index contributed by atoms with van der Waals surface area (Å²) in [6.45, 7) is 0.543. The van der Waals surface area contributed by atoms with Crippen LogP contribution >= 0.6 is 11.3 Å². The Balaban J connectivity index is 2.04. The molecule has 0 spiro atoms. The van der Waals surface area contributed by atoms with Gasteiger partial charge in [-0.1, -0.05) is 23.3 Å². The van der Waals surface area contributed by atoms with Crippen LogP contribution < -0.4 is 0 Å². The van der Waals surface area contributed by atoms with Gasteiger partial charge in [-0.3, -0.25) is 4.79 Å². The quantitative estimate of drug-likeness (QED) is 0.365. The molecule has 1 atom stereocenters. The first-order valence-electron chi connectivity index (χ1n) is 7.24. The van der Waals surface area contributed by atoms with Crippen molar-refractivity contribution in [3.63, 3.8) is 0 Å². The monoisotopic (exact) mass is 326 g/mol. The number of rotatable bonds is 4. The van der Waals surface area contributed by atoms with Crippen LogP contribution in [-0.4, -0.2) is 29.7 Å². The normalized spacial score (nSPS) is 16.9. The molecule has 7 heteroatoms. The zero-order valence-corrected chi connectivity index (χ0v) is 13.1. The van der Waals surface area contributed by atoms with E-state index in [1.54, 1.807) is 28.4 Å². The molecule has 1 aromatic carbocycles. The van der Waals surface area contributed by atoms with E-state index in [-0.39, 0.29) is 11.6 Å². The summed E-state index contributed by atoms with van der Waals surface area (Å²) in [7, 11) is 0. The summed E-state index contributed by atoms with van der Waals surface area (Å²) in [6.07, 6.45) is 2.29. The summed E-state index contributed by atoms with van der Waals surface area (Å²) < 4.78 is 0. The maximum Gasteiger partial charge on any atom is 0.254 e. The predicted molar refractivity (Wildman–Crippen MR) is 88.7 cm³/mol. The van der Waals surface area contributed by atoms with Gasteiger partial charge in [0, 0.05) is 21.9 Å². The van der Waals surface area contributed by atoms with Crippen LogP contribution in [0.25, 0.3) is 20.9 Å². The van der Waals surface area contributed by atoms with E-state index in [0.717, 1.165) is 23.1 Å². The second kappa shape index (κ2) is 6.64. The van der Waals surface area contributed by atoms with Crippen LogP contribution in [0.15, 0.2) is 40.8 Å². The highest BCUT2D eigenvalue weighted by Crippen LogP contribution is 2.32. The lowest BCUT2D eigenvalue weighted by Gasteiger charge is -2.21. The molecule has 1 saturated heterocycles. The zero-order valence-electron chi connectivity index (χ0n) is 12.3. The van der Waals surface area contributed by atoms with Crippen molar-refractivity contribution in [3.05, 3.63) is 51.7 Å². The van der Waals surface area contributed by atoms with Crippen LogP contribution in [0.2, 0.25) is 0 Å². The Morgan fingerprint density at radius 3 is 3.00 bits per heavy atom. The van der Waals surface area contributed by atoms with Crippen molar-refractivity contribution in [1.82, 2.24) is 4.90 Å². The van der Waals surface area contributed by atoms with E-state index in [2.05, 4.69) is 10.0 Å². The number of hydrogen-bond donors (Lipinski definition) is 0. The third-order valence-electron chi connectivity index (χ3n) is 3.90. The van der Waals surface area contributed by atoms with Crippen LogP contribution in [0.3, 0.4) is 0 Å². The van der Waals surface area contributed by atoms with Crippen LogP contribution in [-0.2, 0) is 4.79 Å². The SMILES string of the molecule is [N-]=[N+]=Nc1ccc(-c2cccs2)cc1C(=O)N1CCC[C@H]1C=O. The molecule has 3 rings (SSSR count). The van der Waals surface area contributed by atoms with Gasteiger partial charge < -0.3 is 9.69 Å². The highest BCUT2D eigenvalue weighted by atomic mass is 32.1. The summed E-state index contributed by atoms with van der Waals surface area (Å²) in [6, 6.07) is 8.71. The molecule has 23 heavy (non-hydrogen) atoms. The van der Waals surface area contributed by atoms with E-state index in [0.29, 0.717) is 18.5 Å². The molecule has 2 aromatic rings. The van der Waals surface area contributed by atoms with Crippen LogP contribution in [0.4, 0.5) is 5.69 Å². The van der Waals surface area contributed by atoms with Crippen molar-refractivity contribution in [2.45, 2.75) is 18.9 Å². The molecule has 1 fully saturated rings. The first-order valence-corrected chi connectivity index (χ1v) is 8.12. The van der Waals surface area contributed by atoms with E-state index in [4.69, 9.17) is 5.53 Å². The standard InChI is InChI=1S/C16H14N4O2S/c17-19-18-14-6-5-11(15-4-2-8-23-15)9-13(14)16(22)20-7-1-3-12(20)10-21/h2,4-6,8-10,12H,1,3,7H2/t12-/m0/s1. The molecule has 0 bridgehead atoms. The molecule has 1 aromatic heterocycles. The fraction of sp³-hybridized carbons (Fsp3) is 0.250. The molecule has 1 aliphatic heterocycles. The van der Waals surface area contributed by atoms with Gasteiger partial charge in [0.1, 0.15) is 6.29 Å². The lowest BCUT2D eigenvalue weighted by molar-refractivity contribution is -0.111. The van der Waals surface area contributed by atoms with Crippen molar-refractivity contribution in [2.75, 3.05) is 6.54 Å². The molecule has 0 saturated carbocycles. The number of aldehydes is 1. The van der Waals surface area contributed by atoms with Gasteiger partial charge in [0.05, 0.1) is 11.7 Å². The number of amides is 1. The van der Waals surface area contributed by atoms with Crippen molar-refractivity contribution in [1.29, 1.82) is 0 Å². The number of nitrogens with zero attached hydrogens (tertiary/aromatic N) is 4. The minimum atomic E-state index is -0.396. The Morgan fingerprint density at radius 2 is 2.30 bits per heavy atom. The van der Waals surface area contributed by atoms with Crippen LogP contribution in [0, 0.1) is 0 Å². The highest BCUT2D eigenvalue weighted by molar-refractivity contribution is 7.13. The van der Waals surface area contributed by atoms with Crippen molar-refractivity contribution >= 4 is 29.2 Å². The minimum absolute atomic E-state index is 0.264. The molecule has 0 radical (unpaired) electrons. The number of likely N-dealkylation sites (tertiary alicyclic amines) is 1. The fourth-order valence-electron chi connectivity index (χ4n) is 2.78.